The molecule has 126 valence electrons. The number of benzene rings is 2. The van der Waals surface area contributed by atoms with E-state index in [0.717, 1.165) is 10.4 Å². The van der Waals surface area contributed by atoms with E-state index in [-0.39, 0.29) is 10.6 Å². The van der Waals surface area contributed by atoms with Crippen molar-refractivity contribution in [3.63, 3.8) is 0 Å². The van der Waals surface area contributed by atoms with E-state index in [1.807, 2.05) is 30.3 Å². The van der Waals surface area contributed by atoms with Gasteiger partial charge in [-0.2, -0.15) is 0 Å². The highest BCUT2D eigenvalue weighted by Gasteiger charge is 2.18. The van der Waals surface area contributed by atoms with Crippen LogP contribution in [-0.2, 0) is 0 Å². The third-order valence-corrected chi connectivity index (χ3v) is 4.70. The minimum Gasteiger partial charge on any atom is -0.478 e. The number of halogens is 1. The van der Waals surface area contributed by atoms with Gasteiger partial charge in [-0.15, -0.1) is 11.3 Å². The Balaban J connectivity index is 1.81. The zero-order chi connectivity index (χ0) is 17.8. The van der Waals surface area contributed by atoms with Crippen LogP contribution >= 0.6 is 22.9 Å². The normalized spacial score (nSPS) is 10.3. The number of hydrogen-bond acceptors (Lipinski definition) is 3. The maximum atomic E-state index is 12.1. The lowest BCUT2D eigenvalue weighted by Crippen LogP contribution is -2.19. The maximum absolute atomic E-state index is 12.1. The molecule has 0 aliphatic rings. The van der Waals surface area contributed by atoms with Crippen LogP contribution in [-0.4, -0.2) is 17.1 Å². The second-order valence-electron chi connectivity index (χ2n) is 5.11. The molecule has 0 spiro atoms. The Morgan fingerprint density at radius 2 is 1.64 bits per heavy atom. The molecule has 25 heavy (non-hydrogen) atoms. The summed E-state index contributed by atoms with van der Waals surface area (Å²) in [4.78, 5) is 24.4. The summed E-state index contributed by atoms with van der Waals surface area (Å²) in [5, 5.41) is 15.5. The molecule has 3 rings (SSSR count). The second-order valence-corrected chi connectivity index (χ2v) is 6.60. The van der Waals surface area contributed by atoms with Gasteiger partial charge < -0.3 is 10.4 Å². The van der Waals surface area contributed by atoms with Gasteiger partial charge in [0.1, 0.15) is 5.00 Å². The molecule has 0 fully saturated rings. The molecule has 0 atom stereocenters. The number of amides is 2. The molecule has 0 radical (unpaired) electrons. The van der Waals surface area contributed by atoms with Crippen LogP contribution in [0.2, 0.25) is 5.02 Å². The summed E-state index contributed by atoms with van der Waals surface area (Å²) in [7, 11) is 0. The molecular formula is C18H13ClN2O3S. The number of rotatable bonds is 4. The highest BCUT2D eigenvalue weighted by Crippen LogP contribution is 2.35. The molecular weight excluding hydrogens is 360 g/mol. The van der Waals surface area contributed by atoms with Gasteiger partial charge in [-0.1, -0.05) is 41.9 Å². The van der Waals surface area contributed by atoms with Crippen LogP contribution in [0.5, 0.6) is 0 Å². The van der Waals surface area contributed by atoms with E-state index in [4.69, 9.17) is 11.6 Å². The van der Waals surface area contributed by atoms with E-state index in [9.17, 15) is 14.7 Å². The van der Waals surface area contributed by atoms with E-state index in [1.54, 1.807) is 30.3 Å². The summed E-state index contributed by atoms with van der Waals surface area (Å²) < 4.78 is 0. The van der Waals surface area contributed by atoms with Crippen molar-refractivity contribution in [2.75, 3.05) is 10.6 Å². The van der Waals surface area contributed by atoms with Crippen molar-refractivity contribution in [2.24, 2.45) is 0 Å². The number of aromatic carboxylic acids is 1. The quantitative estimate of drug-likeness (QED) is 0.572. The van der Waals surface area contributed by atoms with Crippen LogP contribution in [0.1, 0.15) is 10.4 Å². The summed E-state index contributed by atoms with van der Waals surface area (Å²) in [6, 6.07) is 17.0. The Morgan fingerprint density at radius 1 is 0.960 bits per heavy atom. The lowest BCUT2D eigenvalue weighted by molar-refractivity contribution is 0.0698. The lowest BCUT2D eigenvalue weighted by Gasteiger charge is -2.07. The van der Waals surface area contributed by atoms with Gasteiger partial charge in [0.15, 0.2) is 0 Å². The van der Waals surface area contributed by atoms with Crippen molar-refractivity contribution in [1.82, 2.24) is 0 Å². The number of urea groups is 1. The lowest BCUT2D eigenvalue weighted by atomic mass is 10.1. The van der Waals surface area contributed by atoms with Gasteiger partial charge in [0.05, 0.1) is 5.56 Å². The highest BCUT2D eigenvalue weighted by molar-refractivity contribution is 7.20. The third-order valence-electron chi connectivity index (χ3n) is 3.35. The second kappa shape index (κ2) is 7.38. The van der Waals surface area contributed by atoms with Crippen molar-refractivity contribution in [3.8, 4) is 10.4 Å². The zero-order valence-electron chi connectivity index (χ0n) is 12.8. The van der Waals surface area contributed by atoms with Crippen molar-refractivity contribution >= 4 is 45.6 Å². The molecule has 1 heterocycles. The first-order chi connectivity index (χ1) is 12.0. The van der Waals surface area contributed by atoms with Crippen LogP contribution in [0.4, 0.5) is 15.5 Å². The molecule has 0 saturated heterocycles. The Hall–Kier alpha value is -2.83. The number of nitrogens with one attached hydrogen (secondary N) is 2. The molecule has 0 aliphatic heterocycles. The summed E-state index contributed by atoms with van der Waals surface area (Å²) in [6.45, 7) is 0. The standard InChI is InChI=1S/C18H13ClN2O3S/c19-12-6-8-13(9-7-12)20-18(24)21-16-14(17(22)23)10-15(25-16)11-4-2-1-3-5-11/h1-10H,(H,22,23)(H2,20,21,24). The number of hydrogen-bond donors (Lipinski definition) is 3. The van der Waals surface area contributed by atoms with Gasteiger partial charge in [-0.05, 0) is 35.9 Å². The van der Waals surface area contributed by atoms with Gasteiger partial charge >= 0.3 is 12.0 Å². The summed E-state index contributed by atoms with van der Waals surface area (Å²) in [5.41, 5.74) is 1.50. The minimum absolute atomic E-state index is 0.0510. The minimum atomic E-state index is -1.10. The van der Waals surface area contributed by atoms with E-state index >= 15 is 0 Å². The third kappa shape index (κ3) is 4.17. The first-order valence-electron chi connectivity index (χ1n) is 7.29. The van der Waals surface area contributed by atoms with Crippen molar-refractivity contribution < 1.29 is 14.7 Å². The van der Waals surface area contributed by atoms with Crippen LogP contribution in [0.15, 0.2) is 60.7 Å². The number of carboxylic acid groups (broad SMARTS) is 1. The Bertz CT molecular complexity index is 908. The predicted molar refractivity (Wildman–Crippen MR) is 101 cm³/mol. The number of anilines is 2. The monoisotopic (exact) mass is 372 g/mol. The van der Waals surface area contributed by atoms with E-state index in [0.29, 0.717) is 10.7 Å². The van der Waals surface area contributed by atoms with Gasteiger partial charge in [-0.3, -0.25) is 5.32 Å². The number of carboxylic acids is 1. The fraction of sp³-hybridized carbons (Fsp3) is 0. The first kappa shape index (κ1) is 17.0. The predicted octanol–water partition coefficient (Wildman–Crippen LogP) is 5.41. The van der Waals surface area contributed by atoms with Gasteiger partial charge in [0.2, 0.25) is 0 Å². The molecule has 0 bridgehead atoms. The first-order valence-corrected chi connectivity index (χ1v) is 8.48. The topological polar surface area (TPSA) is 78.4 Å². The zero-order valence-corrected chi connectivity index (χ0v) is 14.4. The van der Waals surface area contributed by atoms with Crippen LogP contribution in [0.25, 0.3) is 10.4 Å². The van der Waals surface area contributed by atoms with Crippen LogP contribution in [0, 0.1) is 0 Å². The molecule has 5 nitrogen and oxygen atoms in total. The average molecular weight is 373 g/mol. The van der Waals surface area contributed by atoms with Gasteiger partial charge in [-0.25, -0.2) is 9.59 Å². The van der Waals surface area contributed by atoms with E-state index in [1.165, 1.54) is 11.3 Å². The molecule has 3 aromatic rings. The highest BCUT2D eigenvalue weighted by atomic mass is 35.5. The number of thiophene rings is 1. The number of carbonyl (C=O) groups excluding carboxylic acids is 1. The molecule has 0 unspecified atom stereocenters. The summed E-state index contributed by atoms with van der Waals surface area (Å²) in [5.74, 6) is -1.10. The van der Waals surface area contributed by atoms with Gasteiger partial charge in [0.25, 0.3) is 0 Å². The average Bonchev–Trinajstić information content (AvgIpc) is 3.02. The van der Waals surface area contributed by atoms with Crippen molar-refractivity contribution in [2.45, 2.75) is 0 Å². The van der Waals surface area contributed by atoms with Crippen molar-refractivity contribution in [3.05, 3.63) is 71.2 Å². The Morgan fingerprint density at radius 3 is 2.28 bits per heavy atom. The molecule has 0 saturated carbocycles. The summed E-state index contributed by atoms with van der Waals surface area (Å²) in [6.07, 6.45) is 0. The molecule has 0 aliphatic carbocycles. The van der Waals surface area contributed by atoms with E-state index in [2.05, 4.69) is 10.6 Å². The molecule has 3 N–H and O–H groups in total. The molecule has 1 aromatic heterocycles. The Kier molecular flexibility index (Phi) is 5.02. The maximum Gasteiger partial charge on any atom is 0.338 e. The fourth-order valence-electron chi connectivity index (χ4n) is 2.19. The fourth-order valence-corrected chi connectivity index (χ4v) is 3.36. The molecule has 2 amide bonds. The van der Waals surface area contributed by atoms with Crippen LogP contribution in [0.3, 0.4) is 0 Å². The van der Waals surface area contributed by atoms with Crippen molar-refractivity contribution in [1.29, 1.82) is 0 Å². The SMILES string of the molecule is O=C(Nc1ccc(Cl)cc1)Nc1sc(-c2ccccc2)cc1C(=O)O. The largest absolute Gasteiger partial charge is 0.478 e. The van der Waals surface area contributed by atoms with E-state index < -0.39 is 12.0 Å². The molecule has 2 aromatic carbocycles. The Labute approximate surface area is 152 Å². The van der Waals surface area contributed by atoms with Crippen LogP contribution < -0.4 is 10.6 Å². The summed E-state index contributed by atoms with van der Waals surface area (Å²) >= 11 is 7.01. The molecule has 7 heteroatoms. The van der Waals surface area contributed by atoms with Gasteiger partial charge in [0, 0.05) is 15.6 Å². The smallest absolute Gasteiger partial charge is 0.338 e. The number of carbonyl (C=O) groups is 2.